The quantitative estimate of drug-likeness (QED) is 0.281. The number of ether oxygens (including phenoxy) is 1. The van der Waals surface area contributed by atoms with E-state index in [1.165, 1.54) is 38.2 Å². The molecule has 2 aromatic heterocycles. The summed E-state index contributed by atoms with van der Waals surface area (Å²) in [6.45, 7) is 2.28. The number of nitrogens with one attached hydrogen (secondary N) is 2. The number of aromatic amines is 1. The number of benzene rings is 1. The van der Waals surface area contributed by atoms with Crippen LogP contribution in [0.2, 0.25) is 5.02 Å². The van der Waals surface area contributed by atoms with Crippen LogP contribution in [0.5, 0.6) is 0 Å². The molecule has 1 aromatic carbocycles. The minimum Gasteiger partial charge on any atom is -0.462 e. The van der Waals surface area contributed by atoms with Gasteiger partial charge >= 0.3 is 11.7 Å². The molecule has 8 nitrogen and oxygen atoms in total. The Hall–Kier alpha value is -3.40. The van der Waals surface area contributed by atoms with Crippen molar-refractivity contribution in [2.75, 3.05) is 30.9 Å². The summed E-state index contributed by atoms with van der Waals surface area (Å²) in [6.07, 6.45) is 1.63. The molecule has 0 aliphatic rings. The molecule has 3 rings (SSSR count). The zero-order chi connectivity index (χ0) is 24.3. The Labute approximate surface area is 194 Å². The van der Waals surface area contributed by atoms with Crippen LogP contribution in [0.15, 0.2) is 29.1 Å². The fraction of sp³-hybridized carbons (Fsp3) is 0.318. The molecule has 2 heterocycles. The third kappa shape index (κ3) is 5.16. The van der Waals surface area contributed by atoms with E-state index in [-0.39, 0.29) is 33.5 Å². The van der Waals surface area contributed by atoms with E-state index in [0.29, 0.717) is 12.3 Å². The molecule has 0 amide bonds. The van der Waals surface area contributed by atoms with Crippen LogP contribution in [0, 0.1) is 11.8 Å². The summed E-state index contributed by atoms with van der Waals surface area (Å²) in [5.41, 5.74) is -0.0908. The standard InChI is InChI=1S/C22H24ClF2N5O3/c1-5-6-9-33-21(31)13-8-7-12(10-15(13)23)26-19-17(30(4)22(32)28-19)14-11-16(24)20(29(2)3)27-18(14)25/h7-8,10-11,26H,5-6,9H2,1-4H3,(H,28,32). The highest BCUT2D eigenvalue weighted by molar-refractivity contribution is 6.33. The van der Waals surface area contributed by atoms with Gasteiger partial charge in [0.25, 0.3) is 0 Å². The highest BCUT2D eigenvalue weighted by Crippen LogP contribution is 2.32. The topological polar surface area (TPSA) is 92.2 Å². The Balaban J connectivity index is 1.95. The molecule has 0 saturated carbocycles. The first-order chi connectivity index (χ1) is 15.6. The molecule has 33 heavy (non-hydrogen) atoms. The lowest BCUT2D eigenvalue weighted by molar-refractivity contribution is 0.0500. The van der Waals surface area contributed by atoms with Crippen molar-refractivity contribution in [3.63, 3.8) is 0 Å². The first kappa shape index (κ1) is 24.2. The highest BCUT2D eigenvalue weighted by atomic mass is 35.5. The summed E-state index contributed by atoms with van der Waals surface area (Å²) >= 11 is 6.25. The predicted molar refractivity (Wildman–Crippen MR) is 123 cm³/mol. The Kier molecular flexibility index (Phi) is 7.37. The van der Waals surface area contributed by atoms with Gasteiger partial charge in [-0.3, -0.25) is 9.55 Å². The van der Waals surface area contributed by atoms with Crippen LogP contribution in [0.4, 0.5) is 26.1 Å². The molecule has 0 spiro atoms. The van der Waals surface area contributed by atoms with Gasteiger partial charge in [0.15, 0.2) is 11.6 Å². The molecule has 2 N–H and O–H groups in total. The van der Waals surface area contributed by atoms with Crippen molar-refractivity contribution in [2.24, 2.45) is 7.05 Å². The molecule has 0 saturated heterocycles. The van der Waals surface area contributed by atoms with Crippen molar-refractivity contribution in [3.8, 4) is 11.3 Å². The maximum Gasteiger partial charge on any atom is 0.339 e. The van der Waals surface area contributed by atoms with Gasteiger partial charge < -0.3 is 15.0 Å². The van der Waals surface area contributed by atoms with Gasteiger partial charge in [-0.1, -0.05) is 24.9 Å². The number of hydrogen-bond donors (Lipinski definition) is 2. The second-order valence-electron chi connectivity index (χ2n) is 7.55. The van der Waals surface area contributed by atoms with Crippen LogP contribution in [-0.2, 0) is 11.8 Å². The highest BCUT2D eigenvalue weighted by Gasteiger charge is 2.22. The minimum atomic E-state index is -0.944. The van der Waals surface area contributed by atoms with E-state index in [1.807, 2.05) is 6.92 Å². The van der Waals surface area contributed by atoms with Crippen LogP contribution in [0.25, 0.3) is 11.3 Å². The number of imidazole rings is 1. The Morgan fingerprint density at radius 3 is 2.67 bits per heavy atom. The SMILES string of the molecule is CCCCOC(=O)c1ccc(Nc2[nH]c(=O)n(C)c2-c2cc(F)c(N(C)C)nc2F)cc1Cl. The zero-order valence-corrected chi connectivity index (χ0v) is 19.4. The molecule has 176 valence electrons. The fourth-order valence-electron chi connectivity index (χ4n) is 3.15. The summed E-state index contributed by atoms with van der Waals surface area (Å²) in [4.78, 5) is 32.0. The Bertz CT molecular complexity index is 1240. The van der Waals surface area contributed by atoms with E-state index in [1.54, 1.807) is 6.07 Å². The molecule has 11 heteroatoms. The average molecular weight is 480 g/mol. The van der Waals surface area contributed by atoms with Gasteiger partial charge in [0.1, 0.15) is 5.82 Å². The number of esters is 1. The van der Waals surface area contributed by atoms with Crippen LogP contribution in [0.3, 0.4) is 0 Å². The summed E-state index contributed by atoms with van der Waals surface area (Å²) in [7, 11) is 4.49. The van der Waals surface area contributed by atoms with Crippen LogP contribution in [0.1, 0.15) is 30.1 Å². The van der Waals surface area contributed by atoms with E-state index in [0.717, 1.165) is 23.5 Å². The molecule has 0 unspecified atom stereocenters. The smallest absolute Gasteiger partial charge is 0.339 e. The largest absolute Gasteiger partial charge is 0.462 e. The first-order valence-corrected chi connectivity index (χ1v) is 10.6. The first-order valence-electron chi connectivity index (χ1n) is 10.2. The molecule has 0 fully saturated rings. The lowest BCUT2D eigenvalue weighted by Crippen LogP contribution is -2.15. The lowest BCUT2D eigenvalue weighted by Gasteiger charge is -2.15. The molecular formula is C22H24ClF2N5O3. The van der Waals surface area contributed by atoms with Gasteiger partial charge in [-0.25, -0.2) is 14.0 Å². The average Bonchev–Trinajstić information content (AvgIpc) is 3.02. The van der Waals surface area contributed by atoms with Gasteiger partial charge in [0, 0.05) is 26.8 Å². The fourth-order valence-corrected chi connectivity index (χ4v) is 3.41. The molecule has 0 atom stereocenters. The number of H-pyrrole nitrogens is 1. The number of hydrogen-bond acceptors (Lipinski definition) is 6. The van der Waals surface area contributed by atoms with E-state index < -0.39 is 23.4 Å². The number of halogens is 3. The summed E-state index contributed by atoms with van der Waals surface area (Å²) < 4.78 is 35.6. The molecule has 3 aromatic rings. The number of rotatable bonds is 8. The monoisotopic (exact) mass is 479 g/mol. The molecule has 0 bridgehead atoms. The van der Waals surface area contributed by atoms with Crippen molar-refractivity contribution in [1.82, 2.24) is 14.5 Å². The second kappa shape index (κ2) is 10.0. The Morgan fingerprint density at radius 2 is 2.03 bits per heavy atom. The number of carbonyl (C=O) groups is 1. The van der Waals surface area contributed by atoms with Crippen molar-refractivity contribution in [2.45, 2.75) is 19.8 Å². The molecular weight excluding hydrogens is 456 g/mol. The zero-order valence-electron chi connectivity index (χ0n) is 18.6. The van der Waals surface area contributed by atoms with Crippen molar-refractivity contribution >= 4 is 34.9 Å². The van der Waals surface area contributed by atoms with Gasteiger partial charge in [0.05, 0.1) is 28.5 Å². The number of nitrogens with zero attached hydrogens (tertiary/aromatic N) is 3. The third-order valence-corrected chi connectivity index (χ3v) is 5.20. The summed E-state index contributed by atoms with van der Waals surface area (Å²) in [5, 5.41) is 3.07. The minimum absolute atomic E-state index is 0.0633. The van der Waals surface area contributed by atoms with E-state index in [9.17, 15) is 18.4 Å². The van der Waals surface area contributed by atoms with Crippen LogP contribution < -0.4 is 15.9 Å². The van der Waals surface area contributed by atoms with Gasteiger partial charge in [-0.15, -0.1) is 0 Å². The van der Waals surface area contributed by atoms with Crippen LogP contribution in [-0.4, -0.2) is 41.2 Å². The Morgan fingerprint density at radius 1 is 1.30 bits per heavy atom. The number of carbonyl (C=O) groups excluding carboxylic acids is 1. The van der Waals surface area contributed by atoms with Crippen molar-refractivity contribution in [3.05, 3.63) is 57.1 Å². The van der Waals surface area contributed by atoms with Gasteiger partial charge in [-0.2, -0.15) is 9.37 Å². The number of anilines is 3. The summed E-state index contributed by atoms with van der Waals surface area (Å²) in [5.74, 6) is -2.29. The normalized spacial score (nSPS) is 10.9. The van der Waals surface area contributed by atoms with Crippen molar-refractivity contribution in [1.29, 1.82) is 0 Å². The van der Waals surface area contributed by atoms with E-state index in [4.69, 9.17) is 16.3 Å². The van der Waals surface area contributed by atoms with E-state index in [2.05, 4.69) is 15.3 Å². The maximum atomic E-state index is 14.8. The van der Waals surface area contributed by atoms with Gasteiger partial charge in [-0.05, 0) is 30.7 Å². The number of aromatic nitrogens is 3. The predicted octanol–water partition coefficient (Wildman–Crippen LogP) is 4.47. The van der Waals surface area contributed by atoms with Crippen LogP contribution >= 0.6 is 11.6 Å². The number of unbranched alkanes of at least 4 members (excludes halogenated alkanes) is 1. The number of pyridine rings is 1. The van der Waals surface area contributed by atoms with E-state index >= 15 is 0 Å². The maximum absolute atomic E-state index is 14.8. The summed E-state index contributed by atoms with van der Waals surface area (Å²) in [6, 6.07) is 5.49. The second-order valence-corrected chi connectivity index (χ2v) is 7.96. The van der Waals surface area contributed by atoms with Gasteiger partial charge in [0.2, 0.25) is 5.95 Å². The lowest BCUT2D eigenvalue weighted by atomic mass is 10.1. The molecule has 0 radical (unpaired) electrons. The molecule has 0 aliphatic heterocycles. The van der Waals surface area contributed by atoms with Crippen molar-refractivity contribution < 1.29 is 18.3 Å². The molecule has 0 aliphatic carbocycles. The third-order valence-electron chi connectivity index (χ3n) is 4.89.